The van der Waals surface area contributed by atoms with Crippen LogP contribution in [0.4, 0.5) is 0 Å². The highest BCUT2D eigenvalue weighted by atomic mass is 79.9. The minimum atomic E-state index is 0.529. The molecule has 0 N–H and O–H groups in total. The summed E-state index contributed by atoms with van der Waals surface area (Å²) in [5.74, 6) is 5.27. The van der Waals surface area contributed by atoms with Crippen molar-refractivity contribution in [2.45, 2.75) is 0 Å². The first kappa shape index (κ1) is 63.9. The molecular formula is C80H52Br4N12. The average Bonchev–Trinajstić information content (AvgIpc) is 0.865. The first-order valence-corrected chi connectivity index (χ1v) is 33.5. The van der Waals surface area contributed by atoms with E-state index in [0.717, 1.165) is 55.5 Å². The van der Waals surface area contributed by atoms with Crippen molar-refractivity contribution in [1.29, 1.82) is 0 Å². The van der Waals surface area contributed by atoms with E-state index in [9.17, 15) is 0 Å². The Morgan fingerprint density at radius 3 is 0.865 bits per heavy atom. The Morgan fingerprint density at radius 1 is 0.156 bits per heavy atom. The molecule has 16 aromatic rings. The van der Waals surface area contributed by atoms with Gasteiger partial charge in [0.25, 0.3) is 0 Å². The third kappa shape index (κ3) is 16.2. The van der Waals surface area contributed by atoms with Crippen molar-refractivity contribution in [3.05, 3.63) is 334 Å². The summed E-state index contributed by atoms with van der Waals surface area (Å²) in [5.41, 5.74) is 12.4. The van der Waals surface area contributed by atoms with Crippen LogP contribution in [0.3, 0.4) is 0 Å². The quantitative estimate of drug-likeness (QED) is 0.128. The minimum Gasteiger partial charge on any atom is -0.208 e. The molecule has 0 aliphatic carbocycles. The van der Waals surface area contributed by atoms with Gasteiger partial charge in [0.1, 0.15) is 0 Å². The van der Waals surface area contributed by atoms with Gasteiger partial charge >= 0.3 is 0 Å². The maximum absolute atomic E-state index is 4.67. The van der Waals surface area contributed by atoms with Gasteiger partial charge in [-0.1, -0.05) is 303 Å². The van der Waals surface area contributed by atoms with Gasteiger partial charge in [0.2, 0.25) is 18.9 Å². The zero-order valence-electron chi connectivity index (χ0n) is 50.9. The van der Waals surface area contributed by atoms with Crippen molar-refractivity contribution in [2.24, 2.45) is 0 Å². The lowest BCUT2D eigenvalue weighted by Gasteiger charge is -2.07. The van der Waals surface area contributed by atoms with E-state index in [0.29, 0.717) is 65.5 Å². The lowest BCUT2D eigenvalue weighted by atomic mass is 10.0. The summed E-state index contributed by atoms with van der Waals surface area (Å²) in [6, 6.07) is 106. The number of benzene rings is 12. The number of aromatic nitrogens is 12. The van der Waals surface area contributed by atoms with Crippen LogP contribution in [0.15, 0.2) is 334 Å². The van der Waals surface area contributed by atoms with E-state index in [1.54, 1.807) is 0 Å². The van der Waals surface area contributed by atoms with Crippen LogP contribution in [-0.2, 0) is 0 Å². The maximum atomic E-state index is 4.67. The molecule has 0 saturated heterocycles. The van der Waals surface area contributed by atoms with Gasteiger partial charge in [-0.05, 0) is 120 Å². The first-order chi connectivity index (χ1) is 47.2. The fourth-order valence-electron chi connectivity index (χ4n) is 10.4. The monoisotopic (exact) mass is 1500 g/mol. The highest BCUT2D eigenvalue weighted by Crippen LogP contribution is 2.32. The van der Waals surface area contributed by atoms with Gasteiger partial charge in [-0.25, -0.2) is 59.8 Å². The van der Waals surface area contributed by atoms with Gasteiger partial charge in [0.05, 0.1) is 0 Å². The van der Waals surface area contributed by atoms with E-state index in [1.165, 1.54) is 32.8 Å². The van der Waals surface area contributed by atoms with Crippen LogP contribution in [-0.4, -0.2) is 59.8 Å². The van der Waals surface area contributed by atoms with E-state index in [4.69, 9.17) is 0 Å². The van der Waals surface area contributed by atoms with Crippen LogP contribution in [0.2, 0.25) is 0 Å². The molecule has 16 rings (SSSR count). The molecule has 0 bridgehead atoms. The van der Waals surface area contributed by atoms with Crippen molar-refractivity contribution in [3.8, 4) is 113 Å². The van der Waals surface area contributed by atoms with Gasteiger partial charge in [-0.2, -0.15) is 0 Å². The second kappa shape index (κ2) is 30.9. The van der Waals surface area contributed by atoms with Crippen molar-refractivity contribution in [2.75, 3.05) is 0 Å². The van der Waals surface area contributed by atoms with E-state index in [-0.39, 0.29) is 0 Å². The SMILES string of the molecule is Brc1nc(-c2ccccc2)nc(-c2ccc(-c3ccccc3)cc2)n1.Brc1nc(-c2ccccc2)nc(-c2ccc3ccccc3c2)n1.Brc1nc(-c2ccccc2)nc(-c2cccc(-c3ccccc3)c2)n1.Brc1nc(-c2ccccc2)nc(-c2cccc3ccccc23)n1. The average molecular weight is 1500 g/mol. The van der Waals surface area contributed by atoms with Gasteiger partial charge in [0, 0.05) is 44.5 Å². The van der Waals surface area contributed by atoms with E-state index in [1.807, 2.05) is 224 Å². The lowest BCUT2D eigenvalue weighted by molar-refractivity contribution is 1.03. The number of halogens is 4. The van der Waals surface area contributed by atoms with Crippen LogP contribution < -0.4 is 0 Å². The lowest BCUT2D eigenvalue weighted by Crippen LogP contribution is -1.97. The predicted molar refractivity (Wildman–Crippen MR) is 399 cm³/mol. The second-order valence-electron chi connectivity index (χ2n) is 21.4. The topological polar surface area (TPSA) is 155 Å². The second-order valence-corrected chi connectivity index (χ2v) is 24.3. The van der Waals surface area contributed by atoms with E-state index in [2.05, 4.69) is 215 Å². The molecule has 12 aromatic carbocycles. The highest BCUT2D eigenvalue weighted by molar-refractivity contribution is 9.11. The first-order valence-electron chi connectivity index (χ1n) is 30.4. The molecule has 0 unspecified atom stereocenters. The largest absolute Gasteiger partial charge is 0.208 e. The molecule has 0 radical (unpaired) electrons. The Labute approximate surface area is 588 Å². The Hall–Kier alpha value is -10.9. The zero-order valence-corrected chi connectivity index (χ0v) is 57.2. The molecule has 0 amide bonds. The Morgan fingerprint density at radius 2 is 0.417 bits per heavy atom. The van der Waals surface area contributed by atoms with Gasteiger partial charge < -0.3 is 0 Å². The van der Waals surface area contributed by atoms with Crippen molar-refractivity contribution >= 4 is 85.3 Å². The Balaban J connectivity index is 0.000000116. The van der Waals surface area contributed by atoms with Crippen molar-refractivity contribution < 1.29 is 0 Å². The molecule has 0 aliphatic rings. The Kier molecular flexibility index (Phi) is 20.6. The zero-order chi connectivity index (χ0) is 65.4. The summed E-state index contributed by atoms with van der Waals surface area (Å²) in [6.07, 6.45) is 0. The third-order valence-corrected chi connectivity index (χ3v) is 16.5. The van der Waals surface area contributed by atoms with Crippen LogP contribution in [0, 0.1) is 0 Å². The summed E-state index contributed by atoms with van der Waals surface area (Å²) in [5, 5.41) is 4.67. The van der Waals surface area contributed by atoms with Gasteiger partial charge in [-0.15, -0.1) is 0 Å². The van der Waals surface area contributed by atoms with Crippen LogP contribution in [0.1, 0.15) is 0 Å². The van der Waals surface area contributed by atoms with E-state index >= 15 is 0 Å². The molecule has 0 atom stereocenters. The summed E-state index contributed by atoms with van der Waals surface area (Å²) >= 11 is 13.6. The fourth-order valence-corrected chi connectivity index (χ4v) is 11.8. The normalized spacial score (nSPS) is 10.7. The number of fused-ring (bicyclic) bond motifs is 2. The predicted octanol–water partition coefficient (Wildman–Crippen LogP) is 21.5. The summed E-state index contributed by atoms with van der Waals surface area (Å²) < 4.78 is 2.13. The molecule has 4 heterocycles. The molecule has 0 aliphatic heterocycles. The third-order valence-electron chi connectivity index (χ3n) is 15.1. The van der Waals surface area contributed by atoms with Crippen molar-refractivity contribution in [3.63, 3.8) is 0 Å². The molecule has 4 aromatic heterocycles. The molecule has 96 heavy (non-hydrogen) atoms. The molecule has 16 heteroatoms. The van der Waals surface area contributed by atoms with E-state index < -0.39 is 0 Å². The molecule has 460 valence electrons. The smallest absolute Gasteiger partial charge is 0.200 e. The van der Waals surface area contributed by atoms with Gasteiger partial charge in [0.15, 0.2) is 46.6 Å². The minimum absolute atomic E-state index is 0.529. The Bertz CT molecular complexity index is 5270. The number of hydrogen-bond acceptors (Lipinski definition) is 12. The summed E-state index contributed by atoms with van der Waals surface area (Å²) in [7, 11) is 0. The number of rotatable bonds is 10. The molecule has 0 spiro atoms. The molecule has 0 saturated carbocycles. The van der Waals surface area contributed by atoms with Crippen LogP contribution >= 0.6 is 63.7 Å². The highest BCUT2D eigenvalue weighted by Gasteiger charge is 2.15. The number of hydrogen-bond donors (Lipinski definition) is 0. The summed E-state index contributed by atoms with van der Waals surface area (Å²) in [6.45, 7) is 0. The van der Waals surface area contributed by atoms with Crippen molar-refractivity contribution in [1.82, 2.24) is 59.8 Å². The molecular weight excluding hydrogens is 1450 g/mol. The standard InChI is InChI=1S/2C21H14BrN3.2C19H12BrN3/c22-21-24-19(16-10-5-2-6-11-16)23-20(25-21)18-13-7-12-17(14-18)15-8-3-1-4-9-15;22-21-24-19(17-9-5-2-6-10-17)23-20(25-21)18-13-11-16(12-14-18)15-7-3-1-4-8-15;20-19-22-17(14-8-2-1-3-9-14)21-18(23-19)16-12-6-10-13-7-4-5-11-15(13)16;20-19-22-17(14-7-2-1-3-8-14)21-18(23-19)16-11-10-13-6-4-5-9-15(13)12-16/h2*1-14H;2*1-12H. The van der Waals surface area contributed by atoms with Crippen LogP contribution in [0.5, 0.6) is 0 Å². The van der Waals surface area contributed by atoms with Gasteiger partial charge in [-0.3, -0.25) is 0 Å². The van der Waals surface area contributed by atoms with Crippen LogP contribution in [0.25, 0.3) is 135 Å². The molecule has 0 fully saturated rings. The molecule has 12 nitrogen and oxygen atoms in total. The maximum Gasteiger partial charge on any atom is 0.200 e. The fraction of sp³-hybridized carbons (Fsp3) is 0. The number of nitrogens with zero attached hydrogens (tertiary/aromatic N) is 12. The summed E-state index contributed by atoms with van der Waals surface area (Å²) in [4.78, 5) is 54.0.